The van der Waals surface area contributed by atoms with Crippen LogP contribution in [0.25, 0.3) is 0 Å². The van der Waals surface area contributed by atoms with Crippen molar-refractivity contribution in [1.82, 2.24) is 4.90 Å². The molecule has 0 spiro atoms. The molecule has 2 amide bonds. The number of esters is 1. The Bertz CT molecular complexity index is 866. The largest absolute Gasteiger partial charge is 0.457 e. The van der Waals surface area contributed by atoms with Crippen LogP contribution in [0, 0.1) is 35.3 Å². The van der Waals surface area contributed by atoms with Crippen molar-refractivity contribution in [3.05, 3.63) is 47.5 Å². The molecule has 4 atom stereocenters. The number of ketones is 1. The molecule has 0 N–H and O–H groups in total. The molecule has 0 unspecified atom stereocenters. The Balaban J connectivity index is 1.72. The highest BCUT2D eigenvalue weighted by Gasteiger charge is 2.53. The monoisotopic (exact) mass is 377 g/mol. The molecule has 6 nitrogen and oxygen atoms in total. The van der Waals surface area contributed by atoms with Crippen molar-refractivity contribution in [2.45, 2.75) is 6.92 Å². The second-order valence-corrected chi connectivity index (χ2v) is 6.72. The molecule has 8 heteroatoms. The van der Waals surface area contributed by atoms with Crippen LogP contribution in [0.5, 0.6) is 0 Å². The molecule has 0 radical (unpaired) electrons. The first-order valence-electron chi connectivity index (χ1n) is 8.37. The molecular formula is C19H17F2NO5. The topological polar surface area (TPSA) is 80.8 Å². The summed E-state index contributed by atoms with van der Waals surface area (Å²) in [5, 5.41) is 0. The van der Waals surface area contributed by atoms with Gasteiger partial charge in [0.05, 0.1) is 17.8 Å². The highest BCUT2D eigenvalue weighted by atomic mass is 19.2. The van der Waals surface area contributed by atoms with Gasteiger partial charge in [-0.05, 0) is 24.1 Å². The van der Waals surface area contributed by atoms with Gasteiger partial charge in [-0.3, -0.25) is 24.1 Å². The number of halogens is 2. The fraction of sp³-hybridized carbons (Fsp3) is 0.368. The number of fused-ring (bicyclic) bond motifs is 1. The third-order valence-corrected chi connectivity index (χ3v) is 5.05. The van der Waals surface area contributed by atoms with Crippen molar-refractivity contribution in [3.8, 4) is 0 Å². The second kappa shape index (κ2) is 7.02. The smallest absolute Gasteiger partial charge is 0.310 e. The standard InChI is InChI=1S/C19H17F2NO5/c1-9-3-5-11-16(18(25)22(2)17(11)24)15(9)19(26)27-8-14(23)10-4-6-12(20)13(21)7-10/h3-7,9,11,15-16H,8H2,1-2H3/t9-,11+,15-,16+/m1/s1. The Hall–Kier alpha value is -2.90. The van der Waals surface area contributed by atoms with Crippen molar-refractivity contribution < 1.29 is 32.7 Å². The first-order valence-corrected chi connectivity index (χ1v) is 8.37. The zero-order chi connectivity index (χ0) is 19.9. The summed E-state index contributed by atoms with van der Waals surface area (Å²) in [6.07, 6.45) is 3.30. The van der Waals surface area contributed by atoms with Gasteiger partial charge in [0, 0.05) is 12.6 Å². The minimum absolute atomic E-state index is 0.136. The number of benzene rings is 1. The Morgan fingerprint density at radius 2 is 1.81 bits per heavy atom. The Labute approximate surface area is 153 Å². The predicted octanol–water partition coefficient (Wildman–Crippen LogP) is 1.74. The van der Waals surface area contributed by atoms with E-state index in [2.05, 4.69) is 0 Å². The van der Waals surface area contributed by atoms with Crippen molar-refractivity contribution in [2.75, 3.05) is 13.7 Å². The highest BCUT2D eigenvalue weighted by Crippen LogP contribution is 2.41. The molecule has 1 aromatic rings. The van der Waals surface area contributed by atoms with E-state index in [1.165, 1.54) is 7.05 Å². The van der Waals surface area contributed by atoms with Gasteiger partial charge in [0.25, 0.3) is 0 Å². The molecule has 2 aliphatic rings. The van der Waals surface area contributed by atoms with E-state index in [-0.39, 0.29) is 17.4 Å². The van der Waals surface area contributed by atoms with Crippen molar-refractivity contribution >= 4 is 23.6 Å². The van der Waals surface area contributed by atoms with Crippen molar-refractivity contribution in [1.29, 1.82) is 0 Å². The Morgan fingerprint density at radius 1 is 1.11 bits per heavy atom. The van der Waals surface area contributed by atoms with Gasteiger partial charge in [-0.15, -0.1) is 0 Å². The molecule has 1 heterocycles. The molecular weight excluding hydrogens is 360 g/mol. The molecule has 3 rings (SSSR count). The first-order chi connectivity index (χ1) is 12.7. The number of carbonyl (C=O) groups excluding carboxylic acids is 4. The van der Waals surface area contributed by atoms with Crippen LogP contribution in [0.15, 0.2) is 30.4 Å². The average Bonchev–Trinajstić information content (AvgIpc) is 2.86. The number of imide groups is 1. The predicted molar refractivity (Wildman–Crippen MR) is 88.2 cm³/mol. The lowest BCUT2D eigenvalue weighted by Crippen LogP contribution is -2.39. The lowest BCUT2D eigenvalue weighted by molar-refractivity contribution is -0.154. The highest BCUT2D eigenvalue weighted by molar-refractivity contribution is 6.07. The van der Waals surface area contributed by atoms with Gasteiger partial charge in [0.1, 0.15) is 0 Å². The zero-order valence-electron chi connectivity index (χ0n) is 14.6. The summed E-state index contributed by atoms with van der Waals surface area (Å²) in [7, 11) is 1.36. The summed E-state index contributed by atoms with van der Waals surface area (Å²) in [5.74, 6) is -7.46. The van der Waals surface area contributed by atoms with Gasteiger partial charge in [0.15, 0.2) is 24.0 Å². The van der Waals surface area contributed by atoms with E-state index in [1.807, 2.05) is 0 Å². The van der Waals surface area contributed by atoms with Gasteiger partial charge in [-0.1, -0.05) is 19.1 Å². The van der Waals surface area contributed by atoms with Crippen LogP contribution in [0.1, 0.15) is 17.3 Å². The molecule has 0 saturated carbocycles. The van der Waals surface area contributed by atoms with Crippen molar-refractivity contribution in [3.63, 3.8) is 0 Å². The van der Waals surface area contributed by atoms with Crippen molar-refractivity contribution in [2.24, 2.45) is 23.7 Å². The van der Waals surface area contributed by atoms with Crippen LogP contribution in [0.4, 0.5) is 8.78 Å². The number of allylic oxidation sites excluding steroid dienone is 1. The number of amides is 2. The molecule has 1 fully saturated rings. The number of hydrogen-bond donors (Lipinski definition) is 0. The third-order valence-electron chi connectivity index (χ3n) is 5.05. The molecule has 0 bridgehead atoms. The molecule has 1 aliphatic carbocycles. The summed E-state index contributed by atoms with van der Waals surface area (Å²) < 4.78 is 31.2. The maximum Gasteiger partial charge on any atom is 0.310 e. The maximum atomic E-state index is 13.2. The fourth-order valence-corrected chi connectivity index (χ4v) is 3.53. The molecule has 142 valence electrons. The average molecular weight is 377 g/mol. The van der Waals surface area contributed by atoms with E-state index >= 15 is 0 Å². The van der Waals surface area contributed by atoms with Crippen LogP contribution < -0.4 is 0 Å². The van der Waals surface area contributed by atoms with E-state index < -0.39 is 53.7 Å². The summed E-state index contributed by atoms with van der Waals surface area (Å²) in [5.41, 5.74) is -0.136. The molecule has 1 saturated heterocycles. The van der Waals surface area contributed by atoms with Crippen LogP contribution in [0.2, 0.25) is 0 Å². The van der Waals surface area contributed by atoms with Gasteiger partial charge >= 0.3 is 5.97 Å². The molecule has 0 aromatic heterocycles. The number of ether oxygens (including phenoxy) is 1. The number of Topliss-reactive ketones (excluding diaryl/α,β-unsaturated/α-hetero) is 1. The lowest BCUT2D eigenvalue weighted by Gasteiger charge is -2.29. The Kier molecular flexibility index (Phi) is 4.91. The maximum absolute atomic E-state index is 13.2. The van der Waals surface area contributed by atoms with E-state index in [0.29, 0.717) is 0 Å². The van der Waals surface area contributed by atoms with Crippen LogP contribution in [-0.4, -0.2) is 42.1 Å². The lowest BCUT2D eigenvalue weighted by atomic mass is 9.72. The van der Waals surface area contributed by atoms with E-state index in [0.717, 1.165) is 23.1 Å². The zero-order valence-corrected chi connectivity index (χ0v) is 14.6. The number of hydrogen-bond acceptors (Lipinski definition) is 5. The SMILES string of the molecule is C[C@@H]1C=C[C@@H]2C(=O)N(C)C(=O)[C@@H]2[C@@H]1C(=O)OCC(=O)c1ccc(F)c(F)c1. The van der Waals surface area contributed by atoms with Gasteiger partial charge in [-0.25, -0.2) is 8.78 Å². The molecule has 1 aromatic carbocycles. The van der Waals surface area contributed by atoms with Gasteiger partial charge < -0.3 is 4.74 Å². The summed E-state index contributed by atoms with van der Waals surface area (Å²) in [4.78, 5) is 50.1. The summed E-state index contributed by atoms with van der Waals surface area (Å²) in [6.45, 7) is 1.04. The van der Waals surface area contributed by atoms with Crippen LogP contribution in [0.3, 0.4) is 0 Å². The molecule has 1 aliphatic heterocycles. The third kappa shape index (κ3) is 3.27. The minimum Gasteiger partial charge on any atom is -0.457 e. The Morgan fingerprint density at radius 3 is 2.48 bits per heavy atom. The molecule has 27 heavy (non-hydrogen) atoms. The number of likely N-dealkylation sites (tertiary alicyclic amines) is 1. The minimum atomic E-state index is -1.18. The summed E-state index contributed by atoms with van der Waals surface area (Å²) >= 11 is 0. The summed E-state index contributed by atoms with van der Waals surface area (Å²) in [6, 6.07) is 2.62. The number of rotatable bonds is 4. The fourth-order valence-electron chi connectivity index (χ4n) is 3.53. The second-order valence-electron chi connectivity index (χ2n) is 6.72. The van der Waals surface area contributed by atoms with E-state index in [4.69, 9.17) is 4.74 Å². The van der Waals surface area contributed by atoms with Gasteiger partial charge in [0.2, 0.25) is 11.8 Å². The van der Waals surface area contributed by atoms with Crippen LogP contribution in [-0.2, 0) is 19.1 Å². The first kappa shape index (κ1) is 18.9. The van der Waals surface area contributed by atoms with Crippen LogP contribution >= 0.6 is 0 Å². The number of nitrogens with zero attached hydrogens (tertiary/aromatic N) is 1. The van der Waals surface area contributed by atoms with E-state index in [1.54, 1.807) is 19.1 Å². The normalized spacial score (nSPS) is 26.9. The quantitative estimate of drug-likeness (QED) is 0.346. The van der Waals surface area contributed by atoms with E-state index in [9.17, 15) is 28.0 Å². The number of carbonyl (C=O) groups is 4. The van der Waals surface area contributed by atoms with Gasteiger partial charge in [-0.2, -0.15) is 0 Å².